The molecule has 4 rings (SSSR count). The second kappa shape index (κ2) is 9.59. The third kappa shape index (κ3) is 5.57. The van der Waals surface area contributed by atoms with Gasteiger partial charge in [-0.2, -0.15) is 17.5 Å². The van der Waals surface area contributed by atoms with Gasteiger partial charge in [-0.1, -0.05) is 48.5 Å². The van der Waals surface area contributed by atoms with Gasteiger partial charge in [-0.05, 0) is 47.4 Å². The van der Waals surface area contributed by atoms with Crippen molar-refractivity contribution in [2.75, 3.05) is 13.2 Å². The highest BCUT2D eigenvalue weighted by molar-refractivity contribution is 7.89. The molecule has 0 fully saturated rings. The zero-order valence-electron chi connectivity index (χ0n) is 18.2. The van der Waals surface area contributed by atoms with Crippen molar-refractivity contribution in [1.82, 2.24) is 4.31 Å². The van der Waals surface area contributed by atoms with Crippen LogP contribution < -0.4 is 10.5 Å². The van der Waals surface area contributed by atoms with Gasteiger partial charge in [-0.15, -0.1) is 0 Å². The summed E-state index contributed by atoms with van der Waals surface area (Å²) in [5.74, 6) is 0.0659. The molecule has 3 aromatic carbocycles. The molecule has 1 aliphatic heterocycles. The van der Waals surface area contributed by atoms with Crippen LogP contribution in [0.4, 0.5) is 18.0 Å². The van der Waals surface area contributed by atoms with Crippen molar-refractivity contribution < 1.29 is 35.9 Å². The number of rotatable bonds is 6. The number of carbonyl (C=O) groups excluding carboxylic acids is 1. The second-order valence-corrected chi connectivity index (χ2v) is 9.70. The van der Waals surface area contributed by atoms with E-state index in [1.807, 2.05) is 12.1 Å². The van der Waals surface area contributed by atoms with Gasteiger partial charge >= 0.3 is 12.3 Å². The number of alkyl halides is 3. The van der Waals surface area contributed by atoms with Crippen molar-refractivity contribution in [2.45, 2.75) is 23.7 Å². The molecule has 1 heterocycles. The van der Waals surface area contributed by atoms with Crippen molar-refractivity contribution in [3.05, 3.63) is 83.9 Å². The van der Waals surface area contributed by atoms with Crippen molar-refractivity contribution in [1.29, 1.82) is 0 Å². The first-order valence-electron chi connectivity index (χ1n) is 10.5. The standard InChI is InChI=1S/C24H21F3N2O5S/c25-24(26,27)15-33-19-9-5-16(6-10-19)17-7-11-20(12-8-17)35(31,32)29-14-13-18-3-1-2-4-21(18)22(29)34-23(28)30/h1-12,22H,13-15H2,(H2,28,30)/t22-/m1/s1. The Hall–Kier alpha value is -3.57. The maximum Gasteiger partial charge on any atom is 0.422 e. The van der Waals surface area contributed by atoms with Crippen molar-refractivity contribution >= 4 is 16.1 Å². The molecule has 3 aromatic rings. The Bertz CT molecular complexity index is 1310. The molecule has 0 saturated heterocycles. The minimum absolute atomic E-state index is 0.0103. The largest absolute Gasteiger partial charge is 0.484 e. The zero-order chi connectivity index (χ0) is 25.2. The van der Waals surface area contributed by atoms with Gasteiger partial charge in [0.15, 0.2) is 12.8 Å². The van der Waals surface area contributed by atoms with Crippen molar-refractivity contribution in [3.8, 4) is 16.9 Å². The van der Waals surface area contributed by atoms with Crippen LogP contribution in [0.3, 0.4) is 0 Å². The van der Waals surface area contributed by atoms with E-state index in [0.29, 0.717) is 23.1 Å². The number of hydrogen-bond donors (Lipinski definition) is 1. The molecule has 0 bridgehead atoms. The molecule has 0 spiro atoms. The number of carbonyl (C=O) groups is 1. The lowest BCUT2D eigenvalue weighted by Gasteiger charge is -2.35. The number of hydrogen-bond acceptors (Lipinski definition) is 5. The first kappa shape index (κ1) is 24.6. The van der Waals surface area contributed by atoms with E-state index < -0.39 is 35.1 Å². The molecule has 35 heavy (non-hydrogen) atoms. The second-order valence-electron chi connectivity index (χ2n) is 7.81. The fourth-order valence-electron chi connectivity index (χ4n) is 3.85. The molecular formula is C24H21F3N2O5S. The van der Waals surface area contributed by atoms with Gasteiger partial charge < -0.3 is 15.2 Å². The number of primary amides is 1. The molecule has 0 aliphatic carbocycles. The summed E-state index contributed by atoms with van der Waals surface area (Å²) in [6.45, 7) is -1.29. The summed E-state index contributed by atoms with van der Waals surface area (Å²) < 4.78 is 74.7. The molecule has 7 nitrogen and oxygen atoms in total. The number of benzene rings is 3. The first-order chi connectivity index (χ1) is 16.5. The normalized spacial score (nSPS) is 16.4. The van der Waals surface area contributed by atoms with E-state index in [4.69, 9.17) is 15.2 Å². The van der Waals surface area contributed by atoms with Gasteiger partial charge in [-0.3, -0.25) is 0 Å². The van der Waals surface area contributed by atoms with Crippen molar-refractivity contribution in [3.63, 3.8) is 0 Å². The molecule has 0 saturated carbocycles. The smallest absolute Gasteiger partial charge is 0.422 e. The van der Waals surface area contributed by atoms with Crippen LogP contribution >= 0.6 is 0 Å². The number of fused-ring (bicyclic) bond motifs is 1. The lowest BCUT2D eigenvalue weighted by molar-refractivity contribution is -0.153. The van der Waals surface area contributed by atoms with Crippen LogP contribution in [0.2, 0.25) is 0 Å². The van der Waals surface area contributed by atoms with E-state index in [2.05, 4.69) is 0 Å². The van der Waals surface area contributed by atoms with Crippen LogP contribution in [-0.2, 0) is 21.2 Å². The summed E-state index contributed by atoms with van der Waals surface area (Å²) in [6.07, 6.45) is -6.27. The van der Waals surface area contributed by atoms with E-state index >= 15 is 0 Å². The summed E-state index contributed by atoms with van der Waals surface area (Å²) in [7, 11) is -4.05. The maximum atomic E-state index is 13.4. The van der Waals surface area contributed by atoms with E-state index in [1.165, 1.54) is 24.3 Å². The number of amides is 1. The van der Waals surface area contributed by atoms with Crippen LogP contribution in [0, 0.1) is 0 Å². The fraction of sp³-hybridized carbons (Fsp3) is 0.208. The highest BCUT2D eigenvalue weighted by Crippen LogP contribution is 2.35. The third-order valence-corrected chi connectivity index (χ3v) is 7.32. The Morgan fingerprint density at radius 2 is 1.57 bits per heavy atom. The molecule has 1 amide bonds. The predicted molar refractivity (Wildman–Crippen MR) is 121 cm³/mol. The Morgan fingerprint density at radius 1 is 0.971 bits per heavy atom. The van der Waals surface area contributed by atoms with Gasteiger partial charge in [0.1, 0.15) is 5.75 Å². The Kier molecular flexibility index (Phi) is 6.73. The van der Waals surface area contributed by atoms with Gasteiger partial charge in [0.2, 0.25) is 10.0 Å². The van der Waals surface area contributed by atoms with Crippen LogP contribution in [0.1, 0.15) is 17.4 Å². The summed E-state index contributed by atoms with van der Waals surface area (Å²) in [5, 5.41) is 0. The molecule has 184 valence electrons. The van der Waals surface area contributed by atoms with E-state index in [9.17, 15) is 26.4 Å². The molecule has 1 atom stereocenters. The van der Waals surface area contributed by atoms with E-state index in [1.54, 1.807) is 36.4 Å². The minimum Gasteiger partial charge on any atom is -0.484 e. The molecule has 0 unspecified atom stereocenters. The lowest BCUT2D eigenvalue weighted by Crippen LogP contribution is -2.42. The molecule has 0 aromatic heterocycles. The molecule has 1 aliphatic rings. The zero-order valence-corrected chi connectivity index (χ0v) is 19.1. The SMILES string of the molecule is NC(=O)O[C@@H]1c2ccccc2CCN1S(=O)(=O)c1ccc(-c2ccc(OCC(F)(F)F)cc2)cc1. The maximum absolute atomic E-state index is 13.4. The third-order valence-electron chi connectivity index (χ3n) is 5.46. The summed E-state index contributed by atoms with van der Waals surface area (Å²) in [5.41, 5.74) is 7.94. The molecule has 0 radical (unpaired) electrons. The quantitative estimate of drug-likeness (QED) is 0.525. The number of nitrogens with zero attached hydrogens (tertiary/aromatic N) is 1. The van der Waals surface area contributed by atoms with Crippen LogP contribution in [0.15, 0.2) is 77.7 Å². The Balaban J connectivity index is 1.56. The number of ether oxygens (including phenoxy) is 2. The average molecular weight is 507 g/mol. The number of halogens is 3. The van der Waals surface area contributed by atoms with Gasteiger partial charge in [0.05, 0.1) is 4.90 Å². The molecular weight excluding hydrogens is 485 g/mol. The Morgan fingerprint density at radius 3 is 2.17 bits per heavy atom. The van der Waals surface area contributed by atoms with Crippen LogP contribution in [0.25, 0.3) is 11.1 Å². The van der Waals surface area contributed by atoms with Gasteiger partial charge in [-0.25, -0.2) is 13.2 Å². The van der Waals surface area contributed by atoms with Crippen LogP contribution in [-0.4, -0.2) is 38.1 Å². The van der Waals surface area contributed by atoms with Gasteiger partial charge in [0.25, 0.3) is 0 Å². The predicted octanol–water partition coefficient (Wildman–Crippen LogP) is 4.64. The topological polar surface area (TPSA) is 98.9 Å². The van der Waals surface area contributed by atoms with E-state index in [0.717, 1.165) is 9.87 Å². The molecule has 11 heteroatoms. The highest BCUT2D eigenvalue weighted by atomic mass is 32.2. The fourth-order valence-corrected chi connectivity index (χ4v) is 5.34. The number of sulfonamides is 1. The van der Waals surface area contributed by atoms with Crippen LogP contribution in [0.5, 0.6) is 5.75 Å². The highest BCUT2D eigenvalue weighted by Gasteiger charge is 2.38. The first-order valence-corrected chi connectivity index (χ1v) is 11.9. The Labute approximate surface area is 199 Å². The lowest BCUT2D eigenvalue weighted by atomic mass is 10.00. The summed E-state index contributed by atoms with van der Waals surface area (Å²) in [4.78, 5) is 11.5. The molecule has 2 N–H and O–H groups in total. The van der Waals surface area contributed by atoms with E-state index in [-0.39, 0.29) is 17.2 Å². The number of nitrogens with two attached hydrogens (primary N) is 1. The van der Waals surface area contributed by atoms with Gasteiger partial charge in [0, 0.05) is 12.1 Å². The summed E-state index contributed by atoms with van der Waals surface area (Å²) >= 11 is 0. The summed E-state index contributed by atoms with van der Waals surface area (Å²) in [6, 6.07) is 19.0. The monoisotopic (exact) mass is 506 g/mol. The average Bonchev–Trinajstić information content (AvgIpc) is 2.82. The van der Waals surface area contributed by atoms with Crippen molar-refractivity contribution in [2.24, 2.45) is 5.73 Å². The minimum atomic E-state index is -4.43.